The summed E-state index contributed by atoms with van der Waals surface area (Å²) in [5.74, 6) is -5.51. The second-order valence-electron chi connectivity index (χ2n) is 6.10. The summed E-state index contributed by atoms with van der Waals surface area (Å²) in [5.41, 5.74) is -7.98. The maximum Gasteiger partial charge on any atom is 0.501 e. The molecule has 2 aromatic carbocycles. The lowest BCUT2D eigenvalue weighted by Gasteiger charge is -2.17. The Kier molecular flexibility index (Phi) is 4.79. The zero-order valence-corrected chi connectivity index (χ0v) is 14.8. The molecule has 0 radical (unpaired) electrons. The average molecular weight is 437 g/mol. The number of ether oxygens (including phenoxy) is 1. The Balaban J connectivity index is 2.17. The lowest BCUT2D eigenvalue weighted by Crippen LogP contribution is -2.26. The van der Waals surface area contributed by atoms with Crippen LogP contribution in [-0.4, -0.2) is 25.0 Å². The van der Waals surface area contributed by atoms with Gasteiger partial charge >= 0.3 is 5.51 Å². The minimum atomic E-state index is -6.03. The van der Waals surface area contributed by atoms with E-state index in [1.165, 1.54) is 6.07 Å². The zero-order chi connectivity index (χ0) is 21.8. The van der Waals surface area contributed by atoms with Gasteiger partial charge in [0.2, 0.25) is 0 Å². The van der Waals surface area contributed by atoms with Gasteiger partial charge < -0.3 is 9.84 Å². The second-order valence-corrected chi connectivity index (χ2v) is 8.01. The Hall–Kier alpha value is -2.78. The molecule has 0 heterocycles. The predicted octanol–water partition coefficient (Wildman–Crippen LogP) is 4.01. The summed E-state index contributed by atoms with van der Waals surface area (Å²) in [6.07, 6.45) is -4.09. The molecule has 5 nitrogen and oxygen atoms in total. The van der Waals surface area contributed by atoms with E-state index in [0.29, 0.717) is 6.07 Å². The van der Waals surface area contributed by atoms with E-state index >= 15 is 0 Å². The summed E-state index contributed by atoms with van der Waals surface area (Å²) in [6.45, 7) is 0. The molecule has 0 bridgehead atoms. The van der Waals surface area contributed by atoms with Crippen LogP contribution in [-0.2, 0) is 16.3 Å². The van der Waals surface area contributed by atoms with Crippen LogP contribution >= 0.6 is 0 Å². The number of aliphatic hydroxyl groups is 1. The number of rotatable bonds is 3. The molecule has 1 atom stereocenters. The van der Waals surface area contributed by atoms with Gasteiger partial charge in [0.15, 0.2) is 0 Å². The molecular weight excluding hydrogens is 428 g/mol. The van der Waals surface area contributed by atoms with Crippen molar-refractivity contribution >= 4 is 9.84 Å². The van der Waals surface area contributed by atoms with Gasteiger partial charge in [-0.3, -0.25) is 0 Å². The van der Waals surface area contributed by atoms with E-state index in [0.717, 1.165) is 24.3 Å². The van der Waals surface area contributed by atoms with E-state index in [2.05, 4.69) is 0 Å². The molecule has 0 amide bonds. The van der Waals surface area contributed by atoms with E-state index in [9.17, 15) is 39.9 Å². The zero-order valence-electron chi connectivity index (χ0n) is 14.0. The van der Waals surface area contributed by atoms with Crippen molar-refractivity contribution in [2.45, 2.75) is 28.9 Å². The fraction of sp³-hybridized carbons (Fsp3) is 0.235. The number of nitrogens with zero attached hydrogens (tertiary/aromatic N) is 1. The van der Waals surface area contributed by atoms with Gasteiger partial charge in [-0.15, -0.1) is 0 Å². The third kappa shape index (κ3) is 3.40. The number of hydrogen-bond acceptors (Lipinski definition) is 5. The molecule has 0 aliphatic heterocycles. The van der Waals surface area contributed by atoms with Crippen LogP contribution in [0.1, 0.15) is 22.8 Å². The highest BCUT2D eigenvalue weighted by Crippen LogP contribution is 2.51. The Morgan fingerprint density at radius 1 is 1.21 bits per heavy atom. The highest BCUT2D eigenvalue weighted by molar-refractivity contribution is 7.92. The van der Waals surface area contributed by atoms with Crippen molar-refractivity contribution < 1.29 is 44.6 Å². The van der Waals surface area contributed by atoms with Crippen molar-refractivity contribution in [2.75, 3.05) is 0 Å². The van der Waals surface area contributed by atoms with Crippen molar-refractivity contribution in [3.8, 4) is 17.6 Å². The smallest absolute Gasteiger partial charge is 0.457 e. The summed E-state index contributed by atoms with van der Waals surface area (Å²) in [7, 11) is -6.03. The van der Waals surface area contributed by atoms with Crippen LogP contribution in [0, 0.1) is 17.1 Å². The van der Waals surface area contributed by atoms with Crippen molar-refractivity contribution in [3.05, 3.63) is 52.8 Å². The van der Waals surface area contributed by atoms with Crippen LogP contribution in [0.5, 0.6) is 11.5 Å². The Morgan fingerprint density at radius 3 is 2.45 bits per heavy atom. The number of aliphatic hydroxyl groups excluding tert-OH is 1. The quantitative estimate of drug-likeness (QED) is 0.734. The largest absolute Gasteiger partial charge is 0.501 e. The fourth-order valence-electron chi connectivity index (χ4n) is 2.88. The highest BCUT2D eigenvalue weighted by atomic mass is 32.2. The van der Waals surface area contributed by atoms with E-state index in [1.807, 2.05) is 0 Å². The van der Waals surface area contributed by atoms with Crippen LogP contribution in [0.15, 0.2) is 35.2 Å². The molecule has 3 rings (SSSR count). The third-order valence-electron chi connectivity index (χ3n) is 4.24. The van der Waals surface area contributed by atoms with E-state index in [1.54, 1.807) is 0 Å². The first-order valence-corrected chi connectivity index (χ1v) is 9.18. The van der Waals surface area contributed by atoms with Crippen LogP contribution < -0.4 is 4.74 Å². The SMILES string of the molecule is N#Cc1cc(Oc2ccc(S(=O)(=O)C(F)(F)F)c3c2CC(F)(F)C3O)ccc1F. The average Bonchev–Trinajstić information content (AvgIpc) is 2.86. The predicted molar refractivity (Wildman–Crippen MR) is 84.5 cm³/mol. The molecule has 2 aromatic rings. The lowest BCUT2D eigenvalue weighted by atomic mass is 10.1. The summed E-state index contributed by atoms with van der Waals surface area (Å²) < 4.78 is 109. The normalized spacial score (nSPS) is 18.2. The minimum absolute atomic E-state index is 0.207. The number of sulfone groups is 1. The van der Waals surface area contributed by atoms with Gasteiger partial charge in [-0.05, 0) is 24.3 Å². The molecule has 12 heteroatoms. The molecule has 0 spiro atoms. The van der Waals surface area contributed by atoms with E-state index in [-0.39, 0.29) is 5.75 Å². The van der Waals surface area contributed by atoms with Crippen molar-refractivity contribution in [1.29, 1.82) is 5.26 Å². The Morgan fingerprint density at radius 2 is 1.86 bits per heavy atom. The maximum atomic E-state index is 14.0. The first-order chi connectivity index (χ1) is 13.3. The van der Waals surface area contributed by atoms with E-state index < -0.39 is 66.9 Å². The van der Waals surface area contributed by atoms with Gasteiger partial charge in [-0.1, -0.05) is 0 Å². The van der Waals surface area contributed by atoms with Crippen LogP contribution in [0.25, 0.3) is 0 Å². The van der Waals surface area contributed by atoms with Crippen molar-refractivity contribution in [3.63, 3.8) is 0 Å². The number of halogens is 6. The van der Waals surface area contributed by atoms with Gasteiger partial charge in [0.05, 0.1) is 10.5 Å². The van der Waals surface area contributed by atoms with Crippen LogP contribution in [0.3, 0.4) is 0 Å². The topological polar surface area (TPSA) is 87.4 Å². The molecule has 29 heavy (non-hydrogen) atoms. The first-order valence-electron chi connectivity index (χ1n) is 7.70. The van der Waals surface area contributed by atoms with Crippen LogP contribution in [0.4, 0.5) is 26.3 Å². The maximum absolute atomic E-state index is 14.0. The number of hydrogen-bond donors (Lipinski definition) is 1. The van der Waals surface area contributed by atoms with Crippen LogP contribution in [0.2, 0.25) is 0 Å². The van der Waals surface area contributed by atoms with Gasteiger partial charge in [0, 0.05) is 23.6 Å². The fourth-order valence-corrected chi connectivity index (χ4v) is 3.90. The Bertz CT molecular complexity index is 1140. The second kappa shape index (κ2) is 6.64. The summed E-state index contributed by atoms with van der Waals surface area (Å²) in [5, 5.41) is 18.6. The number of nitriles is 1. The molecule has 1 unspecified atom stereocenters. The van der Waals surface area contributed by atoms with Gasteiger partial charge in [0.25, 0.3) is 15.8 Å². The molecule has 0 fully saturated rings. The van der Waals surface area contributed by atoms with Crippen molar-refractivity contribution in [1.82, 2.24) is 0 Å². The standard InChI is InChI=1S/C17H9F6NO4S/c18-11-2-1-9(5-8(11)7-24)28-12-3-4-13(29(26,27)17(21,22)23)14-10(12)6-16(19,20)15(14)25/h1-5,15,25H,6H2. The lowest BCUT2D eigenvalue weighted by molar-refractivity contribution is -0.0978. The van der Waals surface area contributed by atoms with E-state index in [4.69, 9.17) is 10.00 Å². The summed E-state index contributed by atoms with van der Waals surface area (Å²) in [4.78, 5) is -1.51. The number of benzene rings is 2. The molecule has 1 aliphatic rings. The number of fused-ring (bicyclic) bond motifs is 1. The number of alkyl halides is 5. The molecule has 0 saturated carbocycles. The summed E-state index contributed by atoms with van der Waals surface area (Å²) in [6, 6.07) is 5.45. The minimum Gasteiger partial charge on any atom is -0.457 e. The van der Waals surface area contributed by atoms with Gasteiger partial charge in [-0.2, -0.15) is 18.4 Å². The molecule has 0 aromatic heterocycles. The Labute approximate surface area is 159 Å². The van der Waals surface area contributed by atoms with Gasteiger partial charge in [0.1, 0.15) is 29.5 Å². The van der Waals surface area contributed by atoms with Crippen molar-refractivity contribution in [2.24, 2.45) is 0 Å². The molecule has 1 N–H and O–H groups in total. The molecule has 0 saturated heterocycles. The molecule has 1 aliphatic carbocycles. The molecular formula is C17H9F6NO4S. The monoisotopic (exact) mass is 437 g/mol. The summed E-state index contributed by atoms with van der Waals surface area (Å²) >= 11 is 0. The first kappa shape index (κ1) is 20.9. The van der Waals surface area contributed by atoms with Gasteiger partial charge in [-0.25, -0.2) is 21.6 Å². The highest BCUT2D eigenvalue weighted by Gasteiger charge is 2.55. The third-order valence-corrected chi connectivity index (χ3v) is 5.78. The molecule has 154 valence electrons.